The minimum atomic E-state index is -0.406. The van der Waals surface area contributed by atoms with E-state index in [2.05, 4.69) is 10.6 Å². The van der Waals surface area contributed by atoms with Crippen LogP contribution in [0.1, 0.15) is 20.3 Å². The van der Waals surface area contributed by atoms with Crippen LogP contribution in [0.3, 0.4) is 0 Å². The van der Waals surface area contributed by atoms with Crippen LogP contribution in [-0.2, 0) is 4.79 Å². The molecular formula is C16H21N3O3. The largest absolute Gasteiger partial charge is 0.497 e. The zero-order valence-electron chi connectivity index (χ0n) is 13.3. The van der Waals surface area contributed by atoms with Gasteiger partial charge in [-0.2, -0.15) is 5.26 Å². The molecule has 0 heterocycles. The van der Waals surface area contributed by atoms with Crippen LogP contribution in [0.25, 0.3) is 0 Å². The topological polar surface area (TPSA) is 83.4 Å². The Morgan fingerprint density at radius 1 is 1.41 bits per heavy atom. The van der Waals surface area contributed by atoms with Crippen molar-refractivity contribution in [1.29, 1.82) is 5.26 Å². The number of benzene rings is 1. The summed E-state index contributed by atoms with van der Waals surface area (Å²) in [6.07, 6.45) is 2.16. The second-order valence-electron chi connectivity index (χ2n) is 4.66. The van der Waals surface area contributed by atoms with E-state index in [1.54, 1.807) is 25.3 Å². The molecule has 0 aliphatic rings. The highest BCUT2D eigenvalue weighted by Gasteiger charge is 2.11. The first-order valence-electron chi connectivity index (χ1n) is 6.95. The van der Waals surface area contributed by atoms with Crippen LogP contribution in [0.2, 0.25) is 0 Å². The smallest absolute Gasteiger partial charge is 0.263 e. The summed E-state index contributed by atoms with van der Waals surface area (Å²) in [5, 5.41) is 14.8. The third kappa shape index (κ3) is 4.70. The van der Waals surface area contributed by atoms with E-state index in [0.29, 0.717) is 17.2 Å². The van der Waals surface area contributed by atoms with E-state index in [1.807, 2.05) is 19.9 Å². The number of carbonyl (C=O) groups is 1. The number of methoxy groups -OCH3 is 2. The first-order valence-corrected chi connectivity index (χ1v) is 6.95. The van der Waals surface area contributed by atoms with Gasteiger partial charge in [0.15, 0.2) is 0 Å². The van der Waals surface area contributed by atoms with E-state index in [9.17, 15) is 4.79 Å². The summed E-state index contributed by atoms with van der Waals surface area (Å²) in [7, 11) is 3.10. The Bertz CT molecular complexity index is 591. The number of rotatable bonds is 7. The maximum absolute atomic E-state index is 11.9. The Morgan fingerprint density at radius 2 is 2.14 bits per heavy atom. The van der Waals surface area contributed by atoms with Gasteiger partial charge in [0.25, 0.3) is 5.91 Å². The van der Waals surface area contributed by atoms with Crippen molar-refractivity contribution in [3.63, 3.8) is 0 Å². The van der Waals surface area contributed by atoms with Crippen molar-refractivity contribution in [2.75, 3.05) is 19.5 Å². The summed E-state index contributed by atoms with van der Waals surface area (Å²) in [4.78, 5) is 11.9. The van der Waals surface area contributed by atoms with Crippen molar-refractivity contribution in [2.24, 2.45) is 0 Å². The predicted octanol–water partition coefficient (Wildman–Crippen LogP) is 2.44. The molecule has 118 valence electrons. The minimum Gasteiger partial charge on any atom is -0.497 e. The molecule has 0 aliphatic heterocycles. The molecule has 1 atom stereocenters. The molecule has 0 saturated carbocycles. The number of nitriles is 1. The lowest BCUT2D eigenvalue weighted by molar-refractivity contribution is -0.117. The lowest BCUT2D eigenvalue weighted by Crippen LogP contribution is -2.33. The second kappa shape index (κ2) is 8.57. The summed E-state index contributed by atoms with van der Waals surface area (Å²) in [5.74, 6) is 0.799. The number of hydrogen-bond acceptors (Lipinski definition) is 5. The molecule has 0 radical (unpaired) electrons. The first kappa shape index (κ1) is 17.4. The number of anilines is 1. The Morgan fingerprint density at radius 3 is 2.68 bits per heavy atom. The van der Waals surface area contributed by atoms with Crippen molar-refractivity contribution < 1.29 is 14.3 Å². The number of amides is 1. The van der Waals surface area contributed by atoms with E-state index in [-0.39, 0.29) is 11.6 Å². The van der Waals surface area contributed by atoms with Crippen LogP contribution in [0.15, 0.2) is 30.0 Å². The van der Waals surface area contributed by atoms with Gasteiger partial charge in [0.2, 0.25) is 0 Å². The fourth-order valence-electron chi connectivity index (χ4n) is 1.62. The van der Waals surface area contributed by atoms with Crippen molar-refractivity contribution in [1.82, 2.24) is 5.32 Å². The molecule has 1 rings (SSSR count). The Kier molecular flexibility index (Phi) is 6.77. The van der Waals surface area contributed by atoms with Gasteiger partial charge in [-0.1, -0.05) is 6.92 Å². The maximum atomic E-state index is 11.9. The number of nitrogens with one attached hydrogen (secondary N) is 2. The molecule has 0 bridgehead atoms. The number of nitrogens with zero attached hydrogens (tertiary/aromatic N) is 1. The molecule has 0 saturated heterocycles. The van der Waals surface area contributed by atoms with Crippen LogP contribution in [0.5, 0.6) is 11.5 Å². The van der Waals surface area contributed by atoms with Gasteiger partial charge in [0.1, 0.15) is 23.1 Å². The zero-order chi connectivity index (χ0) is 16.5. The summed E-state index contributed by atoms with van der Waals surface area (Å²) >= 11 is 0. The van der Waals surface area contributed by atoms with Crippen molar-refractivity contribution in [2.45, 2.75) is 26.3 Å². The highest BCUT2D eigenvalue weighted by atomic mass is 16.5. The molecule has 6 nitrogen and oxygen atoms in total. The molecule has 1 aromatic carbocycles. The lowest BCUT2D eigenvalue weighted by atomic mass is 10.2. The van der Waals surface area contributed by atoms with Gasteiger partial charge in [-0.25, -0.2) is 0 Å². The molecule has 1 amide bonds. The second-order valence-corrected chi connectivity index (χ2v) is 4.66. The Balaban J connectivity index is 2.89. The van der Waals surface area contributed by atoms with Gasteiger partial charge in [0.05, 0.1) is 19.9 Å². The summed E-state index contributed by atoms with van der Waals surface area (Å²) < 4.78 is 10.4. The average Bonchev–Trinajstić information content (AvgIpc) is 2.55. The SMILES string of the molecule is CCC(C)NC(=O)/C(C#N)=C\Nc1ccc(OC)cc1OC. The lowest BCUT2D eigenvalue weighted by Gasteiger charge is -2.12. The first-order chi connectivity index (χ1) is 10.5. The fourth-order valence-corrected chi connectivity index (χ4v) is 1.62. The summed E-state index contributed by atoms with van der Waals surface area (Å²) in [5.41, 5.74) is 0.630. The van der Waals surface area contributed by atoms with E-state index in [0.717, 1.165) is 6.42 Å². The van der Waals surface area contributed by atoms with Crippen LogP contribution in [0.4, 0.5) is 5.69 Å². The third-order valence-electron chi connectivity index (χ3n) is 3.14. The number of carbonyl (C=O) groups excluding carboxylic acids is 1. The standard InChI is InChI=1S/C16H21N3O3/c1-5-11(2)19-16(20)12(9-17)10-18-14-7-6-13(21-3)8-15(14)22-4/h6-8,10-11,18H,5H2,1-4H3,(H,19,20)/b12-10-. The predicted molar refractivity (Wildman–Crippen MR) is 84.8 cm³/mol. The average molecular weight is 303 g/mol. The molecule has 1 aromatic rings. The van der Waals surface area contributed by atoms with Gasteiger partial charge < -0.3 is 20.1 Å². The minimum absolute atomic E-state index is 0.00169. The zero-order valence-corrected chi connectivity index (χ0v) is 13.3. The molecule has 0 spiro atoms. The summed E-state index contributed by atoms with van der Waals surface area (Å²) in [6.45, 7) is 3.84. The van der Waals surface area contributed by atoms with Crippen molar-refractivity contribution >= 4 is 11.6 Å². The third-order valence-corrected chi connectivity index (χ3v) is 3.14. The molecule has 0 aromatic heterocycles. The fraction of sp³-hybridized carbons (Fsp3) is 0.375. The van der Waals surface area contributed by atoms with Gasteiger partial charge in [-0.05, 0) is 25.5 Å². The molecule has 22 heavy (non-hydrogen) atoms. The molecule has 1 unspecified atom stereocenters. The molecule has 6 heteroatoms. The maximum Gasteiger partial charge on any atom is 0.263 e. The van der Waals surface area contributed by atoms with Gasteiger partial charge in [0, 0.05) is 18.3 Å². The molecule has 2 N–H and O–H groups in total. The van der Waals surface area contributed by atoms with Gasteiger partial charge >= 0.3 is 0 Å². The normalized spacial score (nSPS) is 12.0. The van der Waals surface area contributed by atoms with E-state index < -0.39 is 5.91 Å². The van der Waals surface area contributed by atoms with Crippen LogP contribution in [0, 0.1) is 11.3 Å². The Hall–Kier alpha value is -2.68. The van der Waals surface area contributed by atoms with Crippen LogP contribution in [-0.4, -0.2) is 26.2 Å². The van der Waals surface area contributed by atoms with Crippen molar-refractivity contribution in [3.8, 4) is 17.6 Å². The number of hydrogen-bond donors (Lipinski definition) is 2. The molecular weight excluding hydrogens is 282 g/mol. The quantitative estimate of drug-likeness (QED) is 0.597. The van der Waals surface area contributed by atoms with Gasteiger partial charge in [-0.3, -0.25) is 4.79 Å². The summed E-state index contributed by atoms with van der Waals surface area (Å²) in [6, 6.07) is 7.11. The molecule has 0 fully saturated rings. The highest BCUT2D eigenvalue weighted by Crippen LogP contribution is 2.29. The van der Waals surface area contributed by atoms with Crippen LogP contribution < -0.4 is 20.1 Å². The van der Waals surface area contributed by atoms with Crippen LogP contribution >= 0.6 is 0 Å². The monoisotopic (exact) mass is 303 g/mol. The van der Waals surface area contributed by atoms with E-state index in [4.69, 9.17) is 14.7 Å². The van der Waals surface area contributed by atoms with Gasteiger partial charge in [-0.15, -0.1) is 0 Å². The van der Waals surface area contributed by atoms with E-state index >= 15 is 0 Å². The van der Waals surface area contributed by atoms with Crippen molar-refractivity contribution in [3.05, 3.63) is 30.0 Å². The van der Waals surface area contributed by atoms with E-state index in [1.165, 1.54) is 13.3 Å². The Labute approximate surface area is 130 Å². The highest BCUT2D eigenvalue weighted by molar-refractivity contribution is 5.97. The molecule has 0 aliphatic carbocycles. The number of ether oxygens (including phenoxy) is 2.